The molecule has 1 aliphatic heterocycles. The number of fused-ring (bicyclic) bond motifs is 1. The first-order valence-electron chi connectivity index (χ1n) is 7.56. The Morgan fingerprint density at radius 3 is 2.62 bits per heavy atom. The van der Waals surface area contributed by atoms with Crippen LogP contribution in [-0.2, 0) is 0 Å². The maximum atomic E-state index is 5.64. The standard InChI is InChI=1S/C17H23N3O/c1-21-15-6-5-14-3-2-4-17(16(14)13-15)20-11-9-19(8-7-18)10-12-20/h2-6,13H,7-12,18H2,1H3. The molecule has 0 atom stereocenters. The zero-order valence-corrected chi connectivity index (χ0v) is 12.6. The lowest BCUT2D eigenvalue weighted by Crippen LogP contribution is -2.47. The molecular formula is C17H23N3O. The molecule has 0 aliphatic carbocycles. The lowest BCUT2D eigenvalue weighted by atomic mass is 10.1. The fraction of sp³-hybridized carbons (Fsp3) is 0.412. The molecule has 1 heterocycles. The van der Waals surface area contributed by atoms with Gasteiger partial charge in [0.25, 0.3) is 0 Å². The van der Waals surface area contributed by atoms with E-state index in [-0.39, 0.29) is 0 Å². The highest BCUT2D eigenvalue weighted by Crippen LogP contribution is 2.30. The minimum absolute atomic E-state index is 0.742. The molecule has 1 fully saturated rings. The molecule has 2 N–H and O–H groups in total. The van der Waals surface area contributed by atoms with Gasteiger partial charge in [0, 0.05) is 50.3 Å². The van der Waals surface area contributed by atoms with E-state index in [1.165, 1.54) is 16.5 Å². The fourth-order valence-electron chi connectivity index (χ4n) is 3.03. The quantitative estimate of drug-likeness (QED) is 0.932. The lowest BCUT2D eigenvalue weighted by Gasteiger charge is -2.36. The van der Waals surface area contributed by atoms with Gasteiger partial charge < -0.3 is 15.4 Å². The third-order valence-electron chi connectivity index (χ3n) is 4.22. The van der Waals surface area contributed by atoms with Crippen LogP contribution in [0.2, 0.25) is 0 Å². The highest BCUT2D eigenvalue weighted by molar-refractivity contribution is 5.95. The number of hydrogen-bond acceptors (Lipinski definition) is 4. The first kappa shape index (κ1) is 14.2. The first-order valence-corrected chi connectivity index (χ1v) is 7.56. The minimum atomic E-state index is 0.742. The molecule has 21 heavy (non-hydrogen) atoms. The molecule has 0 radical (unpaired) electrons. The van der Waals surface area contributed by atoms with Gasteiger partial charge in [-0.2, -0.15) is 0 Å². The summed E-state index contributed by atoms with van der Waals surface area (Å²) in [5.41, 5.74) is 6.95. The van der Waals surface area contributed by atoms with Gasteiger partial charge in [0.05, 0.1) is 7.11 Å². The summed E-state index contributed by atoms with van der Waals surface area (Å²) in [4.78, 5) is 4.90. The van der Waals surface area contributed by atoms with Crippen LogP contribution in [0.1, 0.15) is 0 Å². The lowest BCUT2D eigenvalue weighted by molar-refractivity contribution is 0.265. The van der Waals surface area contributed by atoms with E-state index in [2.05, 4.69) is 40.1 Å². The molecule has 2 aromatic rings. The Morgan fingerprint density at radius 1 is 1.10 bits per heavy atom. The van der Waals surface area contributed by atoms with Crippen LogP contribution >= 0.6 is 0 Å². The summed E-state index contributed by atoms with van der Waals surface area (Å²) in [5, 5.41) is 2.53. The van der Waals surface area contributed by atoms with Crippen molar-refractivity contribution < 1.29 is 4.74 Å². The molecule has 0 bridgehead atoms. The number of piperazine rings is 1. The van der Waals surface area contributed by atoms with E-state index in [4.69, 9.17) is 10.5 Å². The number of ether oxygens (including phenoxy) is 1. The topological polar surface area (TPSA) is 41.7 Å². The molecular weight excluding hydrogens is 262 g/mol. The van der Waals surface area contributed by atoms with Gasteiger partial charge in [0.2, 0.25) is 0 Å². The smallest absolute Gasteiger partial charge is 0.119 e. The van der Waals surface area contributed by atoms with E-state index >= 15 is 0 Å². The van der Waals surface area contributed by atoms with E-state index in [1.807, 2.05) is 6.07 Å². The molecule has 4 nitrogen and oxygen atoms in total. The maximum Gasteiger partial charge on any atom is 0.119 e. The van der Waals surface area contributed by atoms with Crippen LogP contribution in [0, 0.1) is 0 Å². The highest BCUT2D eigenvalue weighted by Gasteiger charge is 2.18. The molecule has 0 unspecified atom stereocenters. The van der Waals surface area contributed by atoms with Crippen molar-refractivity contribution in [3.63, 3.8) is 0 Å². The molecule has 0 spiro atoms. The second-order valence-electron chi connectivity index (χ2n) is 5.48. The first-order chi connectivity index (χ1) is 10.3. The van der Waals surface area contributed by atoms with Crippen LogP contribution in [0.25, 0.3) is 10.8 Å². The van der Waals surface area contributed by atoms with Gasteiger partial charge in [-0.1, -0.05) is 18.2 Å². The summed E-state index contributed by atoms with van der Waals surface area (Å²) in [6.07, 6.45) is 0. The Labute approximate surface area is 126 Å². The predicted octanol–water partition coefficient (Wildman–Crippen LogP) is 1.93. The van der Waals surface area contributed by atoms with E-state index in [9.17, 15) is 0 Å². The number of rotatable bonds is 4. The van der Waals surface area contributed by atoms with Crippen molar-refractivity contribution in [1.29, 1.82) is 0 Å². The Bertz CT molecular complexity index is 606. The average Bonchev–Trinajstić information content (AvgIpc) is 2.55. The van der Waals surface area contributed by atoms with Crippen molar-refractivity contribution in [3.8, 4) is 5.75 Å². The van der Waals surface area contributed by atoms with Gasteiger partial charge in [0.15, 0.2) is 0 Å². The number of anilines is 1. The number of nitrogens with two attached hydrogens (primary N) is 1. The molecule has 112 valence electrons. The van der Waals surface area contributed by atoms with Gasteiger partial charge in [-0.05, 0) is 23.6 Å². The van der Waals surface area contributed by atoms with Gasteiger partial charge in [0.1, 0.15) is 5.75 Å². The summed E-state index contributed by atoms with van der Waals surface area (Å²) in [6.45, 7) is 6.00. The van der Waals surface area contributed by atoms with Crippen molar-refractivity contribution in [1.82, 2.24) is 4.90 Å². The number of hydrogen-bond donors (Lipinski definition) is 1. The molecule has 0 saturated carbocycles. The zero-order chi connectivity index (χ0) is 14.7. The van der Waals surface area contributed by atoms with Crippen LogP contribution in [0.3, 0.4) is 0 Å². The predicted molar refractivity (Wildman–Crippen MR) is 88.2 cm³/mol. The van der Waals surface area contributed by atoms with E-state index in [1.54, 1.807) is 7.11 Å². The van der Waals surface area contributed by atoms with Gasteiger partial charge in [-0.3, -0.25) is 4.90 Å². The van der Waals surface area contributed by atoms with Crippen molar-refractivity contribution in [3.05, 3.63) is 36.4 Å². The SMILES string of the molecule is COc1ccc2cccc(N3CCN(CCN)CC3)c2c1. The third-order valence-corrected chi connectivity index (χ3v) is 4.22. The molecule has 2 aromatic carbocycles. The molecule has 1 saturated heterocycles. The number of nitrogens with zero attached hydrogens (tertiary/aromatic N) is 2. The summed E-state index contributed by atoms with van der Waals surface area (Å²) in [7, 11) is 1.72. The van der Waals surface area contributed by atoms with Crippen LogP contribution in [0.5, 0.6) is 5.75 Å². The molecule has 0 aromatic heterocycles. The van der Waals surface area contributed by atoms with E-state index < -0.39 is 0 Å². The Balaban J connectivity index is 1.87. The van der Waals surface area contributed by atoms with Crippen molar-refractivity contribution >= 4 is 16.5 Å². The molecule has 1 aliphatic rings. The van der Waals surface area contributed by atoms with Gasteiger partial charge >= 0.3 is 0 Å². The summed E-state index contributed by atoms with van der Waals surface area (Å²) in [5.74, 6) is 0.914. The normalized spacial score (nSPS) is 16.4. The Hall–Kier alpha value is -1.78. The van der Waals surface area contributed by atoms with Gasteiger partial charge in [-0.15, -0.1) is 0 Å². The summed E-state index contributed by atoms with van der Waals surface area (Å²) < 4.78 is 5.37. The van der Waals surface area contributed by atoms with Crippen LogP contribution in [0.4, 0.5) is 5.69 Å². The molecule has 0 amide bonds. The van der Waals surface area contributed by atoms with Crippen molar-refractivity contribution in [2.45, 2.75) is 0 Å². The fourth-order valence-corrected chi connectivity index (χ4v) is 3.03. The van der Waals surface area contributed by atoms with Crippen molar-refractivity contribution in [2.75, 3.05) is 51.3 Å². The minimum Gasteiger partial charge on any atom is -0.497 e. The number of benzene rings is 2. The van der Waals surface area contributed by atoms with Gasteiger partial charge in [-0.25, -0.2) is 0 Å². The second-order valence-corrected chi connectivity index (χ2v) is 5.48. The second kappa shape index (κ2) is 6.33. The van der Waals surface area contributed by atoms with Crippen LogP contribution in [0.15, 0.2) is 36.4 Å². The summed E-state index contributed by atoms with van der Waals surface area (Å²) >= 11 is 0. The zero-order valence-electron chi connectivity index (χ0n) is 12.6. The molecule has 3 rings (SSSR count). The van der Waals surface area contributed by atoms with E-state index in [0.29, 0.717) is 0 Å². The summed E-state index contributed by atoms with van der Waals surface area (Å²) in [6, 6.07) is 12.8. The maximum absolute atomic E-state index is 5.64. The number of methoxy groups -OCH3 is 1. The van der Waals surface area contributed by atoms with Crippen LogP contribution < -0.4 is 15.4 Å². The average molecular weight is 285 g/mol. The largest absolute Gasteiger partial charge is 0.497 e. The highest BCUT2D eigenvalue weighted by atomic mass is 16.5. The Kier molecular flexibility index (Phi) is 4.27. The monoisotopic (exact) mass is 285 g/mol. The van der Waals surface area contributed by atoms with Crippen LogP contribution in [-0.4, -0.2) is 51.3 Å². The van der Waals surface area contributed by atoms with E-state index in [0.717, 1.165) is 45.0 Å². The third kappa shape index (κ3) is 2.96. The van der Waals surface area contributed by atoms with Crippen molar-refractivity contribution in [2.24, 2.45) is 5.73 Å². The Morgan fingerprint density at radius 2 is 1.90 bits per heavy atom. The molecule has 4 heteroatoms.